The predicted octanol–water partition coefficient (Wildman–Crippen LogP) is 2.32. The number of hydrogen-bond donors (Lipinski definition) is 1. The van der Waals surface area contributed by atoms with Crippen LogP contribution in [-0.4, -0.2) is 48.0 Å². The van der Waals surface area contributed by atoms with Gasteiger partial charge in [-0.05, 0) is 39.7 Å². The molecule has 2 rings (SSSR count). The second-order valence-corrected chi connectivity index (χ2v) is 5.35. The minimum atomic E-state index is 0.219. The monoisotopic (exact) mass is 264 g/mol. The molecule has 1 N–H and O–H groups in total. The van der Waals surface area contributed by atoms with Gasteiger partial charge in [-0.2, -0.15) is 0 Å². The van der Waals surface area contributed by atoms with E-state index in [0.29, 0.717) is 12.6 Å². The lowest BCUT2D eigenvalue weighted by Crippen LogP contribution is -2.39. The van der Waals surface area contributed by atoms with Gasteiger partial charge in [0.05, 0.1) is 12.6 Å². The lowest BCUT2D eigenvalue weighted by Gasteiger charge is -2.31. The molecule has 4 nitrogen and oxygen atoms in total. The number of likely N-dealkylation sites (tertiary alicyclic amines) is 1. The molecule has 4 heteroatoms. The maximum Gasteiger partial charge on any atom is 0.178 e. The molecule has 0 unspecified atom stereocenters. The number of aromatic nitrogens is 1. The van der Waals surface area contributed by atoms with Crippen LogP contribution in [0.15, 0.2) is 6.07 Å². The van der Waals surface area contributed by atoms with Crippen molar-refractivity contribution in [1.82, 2.24) is 9.88 Å². The number of carbonyl (C=O) groups excluding carboxylic acids is 1. The van der Waals surface area contributed by atoms with E-state index in [9.17, 15) is 4.79 Å². The molecule has 0 spiro atoms. The number of aromatic amines is 1. The molecule has 19 heavy (non-hydrogen) atoms. The molecule has 1 aliphatic rings. The van der Waals surface area contributed by atoms with Gasteiger partial charge >= 0.3 is 0 Å². The van der Waals surface area contributed by atoms with Crippen LogP contribution in [-0.2, 0) is 4.74 Å². The first-order chi connectivity index (χ1) is 9.10. The van der Waals surface area contributed by atoms with Gasteiger partial charge < -0.3 is 9.72 Å². The molecule has 0 amide bonds. The van der Waals surface area contributed by atoms with Gasteiger partial charge in [0, 0.05) is 36.6 Å². The Labute approximate surface area is 115 Å². The Balaban J connectivity index is 1.85. The number of hydrogen-bond acceptors (Lipinski definition) is 3. The Morgan fingerprint density at radius 2 is 2.11 bits per heavy atom. The summed E-state index contributed by atoms with van der Waals surface area (Å²) in [5, 5.41) is 0. The van der Waals surface area contributed by atoms with E-state index < -0.39 is 0 Å². The summed E-state index contributed by atoms with van der Waals surface area (Å²) in [6.45, 7) is 9.20. The summed E-state index contributed by atoms with van der Waals surface area (Å²) in [7, 11) is 0. The molecule has 1 fully saturated rings. The molecule has 106 valence electrons. The molecule has 0 aromatic carbocycles. The van der Waals surface area contributed by atoms with Crippen LogP contribution < -0.4 is 0 Å². The van der Waals surface area contributed by atoms with Gasteiger partial charge in [-0.1, -0.05) is 0 Å². The standard InChI is InChI=1S/C15H24N2O2/c1-4-19-13-5-7-17(8-6-13)10-15(18)14-9-11(2)16-12(14)3/h9,13,16H,4-8,10H2,1-3H3. The number of ketones is 1. The number of Topliss-reactive ketones (excluding diaryl/α,β-unsaturated/α-hetero) is 1. The topological polar surface area (TPSA) is 45.3 Å². The minimum absolute atomic E-state index is 0.219. The molecule has 0 bridgehead atoms. The first-order valence-corrected chi connectivity index (χ1v) is 7.13. The number of piperidine rings is 1. The third-order valence-corrected chi connectivity index (χ3v) is 3.75. The quantitative estimate of drug-likeness (QED) is 0.830. The summed E-state index contributed by atoms with van der Waals surface area (Å²) in [4.78, 5) is 17.7. The molecule has 1 saturated heterocycles. The van der Waals surface area contributed by atoms with Gasteiger partial charge in [-0.15, -0.1) is 0 Å². The van der Waals surface area contributed by atoms with E-state index in [-0.39, 0.29) is 5.78 Å². The molecule has 2 heterocycles. The Morgan fingerprint density at radius 1 is 1.42 bits per heavy atom. The number of ether oxygens (including phenoxy) is 1. The third-order valence-electron chi connectivity index (χ3n) is 3.75. The van der Waals surface area contributed by atoms with Crippen molar-refractivity contribution in [3.63, 3.8) is 0 Å². The first kappa shape index (κ1) is 14.3. The zero-order valence-corrected chi connectivity index (χ0v) is 12.2. The van der Waals surface area contributed by atoms with Crippen LogP contribution in [0.25, 0.3) is 0 Å². The molecule has 0 atom stereocenters. The van der Waals surface area contributed by atoms with E-state index in [1.807, 2.05) is 26.8 Å². The van der Waals surface area contributed by atoms with Gasteiger partial charge in [0.25, 0.3) is 0 Å². The second-order valence-electron chi connectivity index (χ2n) is 5.35. The number of rotatable bonds is 5. The second kappa shape index (κ2) is 6.35. The van der Waals surface area contributed by atoms with Crippen LogP contribution in [0.5, 0.6) is 0 Å². The fourth-order valence-corrected chi connectivity index (χ4v) is 2.77. The lowest BCUT2D eigenvalue weighted by atomic mass is 10.1. The fourth-order valence-electron chi connectivity index (χ4n) is 2.77. The van der Waals surface area contributed by atoms with Crippen molar-refractivity contribution in [2.24, 2.45) is 0 Å². The van der Waals surface area contributed by atoms with Crippen molar-refractivity contribution in [2.45, 2.75) is 39.7 Å². The van der Waals surface area contributed by atoms with Gasteiger partial charge in [-0.3, -0.25) is 9.69 Å². The zero-order chi connectivity index (χ0) is 13.8. The minimum Gasteiger partial charge on any atom is -0.378 e. The maximum atomic E-state index is 12.3. The van der Waals surface area contributed by atoms with Crippen molar-refractivity contribution in [3.8, 4) is 0 Å². The van der Waals surface area contributed by atoms with Gasteiger partial charge in [0.1, 0.15) is 0 Å². The average molecular weight is 264 g/mol. The van der Waals surface area contributed by atoms with Gasteiger partial charge in [0.2, 0.25) is 0 Å². The van der Waals surface area contributed by atoms with E-state index >= 15 is 0 Å². The molecular formula is C15H24N2O2. The summed E-state index contributed by atoms with van der Waals surface area (Å²) in [6.07, 6.45) is 2.45. The highest BCUT2D eigenvalue weighted by Crippen LogP contribution is 2.16. The molecule has 1 aromatic rings. The molecule has 1 aliphatic heterocycles. The number of nitrogens with one attached hydrogen (secondary N) is 1. The Hall–Kier alpha value is -1.13. The van der Waals surface area contributed by atoms with Crippen LogP contribution in [0.3, 0.4) is 0 Å². The summed E-state index contributed by atoms with van der Waals surface area (Å²) >= 11 is 0. The summed E-state index contributed by atoms with van der Waals surface area (Å²) < 4.78 is 5.63. The molecule has 0 aliphatic carbocycles. The molecule has 1 aromatic heterocycles. The third kappa shape index (κ3) is 3.67. The highest BCUT2D eigenvalue weighted by molar-refractivity contribution is 5.98. The average Bonchev–Trinajstić information content (AvgIpc) is 2.71. The normalized spacial score (nSPS) is 17.8. The maximum absolute atomic E-state index is 12.3. The van der Waals surface area contributed by atoms with Crippen LogP contribution in [0.1, 0.15) is 41.5 Å². The van der Waals surface area contributed by atoms with Crippen LogP contribution in [0, 0.1) is 13.8 Å². The van der Waals surface area contributed by atoms with Crippen molar-refractivity contribution in [1.29, 1.82) is 0 Å². The number of carbonyl (C=O) groups is 1. The van der Waals surface area contributed by atoms with Crippen LogP contribution in [0.4, 0.5) is 0 Å². The smallest absolute Gasteiger partial charge is 0.178 e. The highest BCUT2D eigenvalue weighted by atomic mass is 16.5. The summed E-state index contributed by atoms with van der Waals surface area (Å²) in [5.41, 5.74) is 2.87. The zero-order valence-electron chi connectivity index (χ0n) is 12.2. The predicted molar refractivity (Wildman–Crippen MR) is 75.7 cm³/mol. The largest absolute Gasteiger partial charge is 0.378 e. The number of nitrogens with zero attached hydrogens (tertiary/aromatic N) is 1. The summed E-state index contributed by atoms with van der Waals surface area (Å²) in [6, 6.07) is 1.95. The Kier molecular flexibility index (Phi) is 4.77. The van der Waals surface area contributed by atoms with Gasteiger partial charge in [-0.25, -0.2) is 0 Å². The number of H-pyrrole nitrogens is 1. The molecule has 0 radical (unpaired) electrons. The van der Waals surface area contributed by atoms with Crippen LogP contribution >= 0.6 is 0 Å². The van der Waals surface area contributed by atoms with Crippen molar-refractivity contribution < 1.29 is 9.53 Å². The highest BCUT2D eigenvalue weighted by Gasteiger charge is 2.22. The Bertz CT molecular complexity index is 431. The first-order valence-electron chi connectivity index (χ1n) is 7.13. The van der Waals surface area contributed by atoms with E-state index in [0.717, 1.165) is 49.5 Å². The SMILES string of the molecule is CCOC1CCN(CC(=O)c2cc(C)[nH]c2C)CC1. The van der Waals surface area contributed by atoms with E-state index in [1.165, 1.54) is 0 Å². The molecule has 0 saturated carbocycles. The Morgan fingerprint density at radius 3 is 2.63 bits per heavy atom. The van der Waals surface area contributed by atoms with E-state index in [2.05, 4.69) is 9.88 Å². The van der Waals surface area contributed by atoms with Crippen molar-refractivity contribution in [2.75, 3.05) is 26.2 Å². The van der Waals surface area contributed by atoms with E-state index in [1.54, 1.807) is 0 Å². The van der Waals surface area contributed by atoms with Crippen molar-refractivity contribution >= 4 is 5.78 Å². The fraction of sp³-hybridized carbons (Fsp3) is 0.667. The summed E-state index contributed by atoms with van der Waals surface area (Å²) in [5.74, 6) is 0.219. The van der Waals surface area contributed by atoms with Crippen LogP contribution in [0.2, 0.25) is 0 Å². The lowest BCUT2D eigenvalue weighted by molar-refractivity contribution is 0.0147. The van der Waals surface area contributed by atoms with E-state index in [4.69, 9.17) is 4.74 Å². The molecular weight excluding hydrogens is 240 g/mol. The van der Waals surface area contributed by atoms with Crippen molar-refractivity contribution in [3.05, 3.63) is 23.0 Å². The number of aryl methyl sites for hydroxylation is 2. The van der Waals surface area contributed by atoms with Gasteiger partial charge in [0.15, 0.2) is 5.78 Å².